The minimum absolute atomic E-state index is 0.0388. The van der Waals surface area contributed by atoms with Crippen molar-refractivity contribution in [1.82, 2.24) is 9.55 Å². The minimum atomic E-state index is -5.60. The van der Waals surface area contributed by atoms with Gasteiger partial charge >= 0.3 is 18.0 Å². The van der Waals surface area contributed by atoms with Crippen molar-refractivity contribution in [2.24, 2.45) is 17.6 Å². The van der Waals surface area contributed by atoms with Crippen molar-refractivity contribution in [2.75, 3.05) is 24.6 Å². The summed E-state index contributed by atoms with van der Waals surface area (Å²) in [5.74, 6) is -6.38. The number of ether oxygens (including phenoxy) is 1. The Labute approximate surface area is 200 Å². The summed E-state index contributed by atoms with van der Waals surface area (Å²) in [5, 5.41) is -0.177. The van der Waals surface area contributed by atoms with Crippen LogP contribution in [0.15, 0.2) is 9.59 Å². The molecule has 2 aromatic rings. The molecule has 2 heterocycles. The van der Waals surface area contributed by atoms with E-state index in [1.54, 1.807) is 6.92 Å². The lowest BCUT2D eigenvalue weighted by Crippen LogP contribution is -2.52. The predicted octanol–water partition coefficient (Wildman–Crippen LogP) is 3.77. The lowest BCUT2D eigenvalue weighted by molar-refractivity contribution is -0.292. The number of anilines is 1. The van der Waals surface area contributed by atoms with Gasteiger partial charge in [0.1, 0.15) is 5.39 Å². The summed E-state index contributed by atoms with van der Waals surface area (Å²) < 4.78 is 102. The highest BCUT2D eigenvalue weighted by Crippen LogP contribution is 2.46. The lowest BCUT2D eigenvalue weighted by atomic mass is 9.87. The van der Waals surface area contributed by atoms with Crippen molar-refractivity contribution in [1.29, 1.82) is 0 Å². The average molecular weight is 526 g/mol. The Kier molecular flexibility index (Phi) is 6.55. The first-order chi connectivity index (χ1) is 16.7. The summed E-state index contributed by atoms with van der Waals surface area (Å²) in [6, 6.07) is -2.53. The molecule has 1 aliphatic heterocycles. The van der Waals surface area contributed by atoms with Crippen LogP contribution in [0.3, 0.4) is 0 Å². The zero-order valence-corrected chi connectivity index (χ0v) is 19.4. The van der Waals surface area contributed by atoms with Crippen molar-refractivity contribution in [2.45, 2.75) is 57.5 Å². The van der Waals surface area contributed by atoms with Gasteiger partial charge in [-0.25, -0.2) is 9.18 Å². The Bertz CT molecular complexity index is 1270. The number of nitrogens with one attached hydrogen (secondary N) is 1. The SMILES string of the molecule is CCOc1c(F)c(N2CCC(C(N)C(C(F)(F)F)C(F)(F)F)C2)c(C)c2c1c(=O)[nH]c(=O)n2C1CC1. The highest BCUT2D eigenvalue weighted by atomic mass is 19.4. The van der Waals surface area contributed by atoms with Crippen LogP contribution in [-0.4, -0.2) is 47.6 Å². The van der Waals surface area contributed by atoms with Crippen LogP contribution >= 0.6 is 0 Å². The van der Waals surface area contributed by atoms with Gasteiger partial charge in [-0.05, 0) is 39.0 Å². The largest absolute Gasteiger partial charge is 0.490 e. The highest BCUT2D eigenvalue weighted by molar-refractivity contribution is 5.93. The fourth-order valence-corrected chi connectivity index (χ4v) is 5.16. The van der Waals surface area contributed by atoms with Gasteiger partial charge in [0, 0.05) is 30.7 Å². The Morgan fingerprint density at radius 1 is 1.11 bits per heavy atom. The van der Waals surface area contributed by atoms with Crippen LogP contribution in [0.1, 0.15) is 37.8 Å². The second-order valence-electron chi connectivity index (χ2n) is 9.27. The van der Waals surface area contributed by atoms with Gasteiger partial charge in [-0.15, -0.1) is 0 Å². The maximum atomic E-state index is 15.8. The van der Waals surface area contributed by atoms with Gasteiger partial charge in [0.2, 0.25) is 0 Å². The smallest absolute Gasteiger partial charge is 0.402 e. The van der Waals surface area contributed by atoms with E-state index in [4.69, 9.17) is 10.5 Å². The van der Waals surface area contributed by atoms with Crippen LogP contribution in [0, 0.1) is 24.6 Å². The third kappa shape index (κ3) is 4.43. The van der Waals surface area contributed by atoms with E-state index in [-0.39, 0.29) is 54.3 Å². The van der Waals surface area contributed by atoms with Gasteiger partial charge in [0.05, 0.1) is 17.8 Å². The van der Waals surface area contributed by atoms with Crippen LogP contribution in [0.2, 0.25) is 0 Å². The van der Waals surface area contributed by atoms with E-state index in [0.29, 0.717) is 12.8 Å². The van der Waals surface area contributed by atoms with Crippen LogP contribution in [0.25, 0.3) is 10.9 Å². The van der Waals surface area contributed by atoms with Crippen molar-refractivity contribution in [3.8, 4) is 5.75 Å². The number of aryl methyl sites for hydroxylation is 1. The fourth-order valence-electron chi connectivity index (χ4n) is 5.16. The first kappa shape index (κ1) is 26.3. The van der Waals surface area contributed by atoms with Crippen LogP contribution in [0.5, 0.6) is 5.75 Å². The molecule has 36 heavy (non-hydrogen) atoms. The van der Waals surface area contributed by atoms with Crippen LogP contribution < -0.4 is 26.6 Å². The molecule has 2 fully saturated rings. The molecule has 4 rings (SSSR count). The van der Waals surface area contributed by atoms with Crippen molar-refractivity contribution in [3.63, 3.8) is 0 Å². The molecule has 7 nitrogen and oxygen atoms in total. The summed E-state index contributed by atoms with van der Waals surface area (Å²) >= 11 is 0. The number of aromatic amines is 1. The molecule has 1 aliphatic carbocycles. The molecule has 0 radical (unpaired) electrons. The minimum Gasteiger partial charge on any atom is -0.490 e. The van der Waals surface area contributed by atoms with Crippen LogP contribution in [-0.2, 0) is 0 Å². The third-order valence-corrected chi connectivity index (χ3v) is 6.86. The molecule has 1 saturated heterocycles. The van der Waals surface area contributed by atoms with Gasteiger partial charge in [0.25, 0.3) is 5.56 Å². The summed E-state index contributed by atoms with van der Waals surface area (Å²) in [6.45, 7) is 2.51. The van der Waals surface area contributed by atoms with E-state index in [0.717, 1.165) is 0 Å². The van der Waals surface area contributed by atoms with E-state index in [1.165, 1.54) is 16.4 Å². The summed E-state index contributed by atoms with van der Waals surface area (Å²) in [4.78, 5) is 28.8. The first-order valence-electron chi connectivity index (χ1n) is 11.5. The fraction of sp³-hybridized carbons (Fsp3) is 0.636. The molecule has 0 amide bonds. The monoisotopic (exact) mass is 526 g/mol. The maximum absolute atomic E-state index is 15.8. The Morgan fingerprint density at radius 3 is 2.25 bits per heavy atom. The number of nitrogens with two attached hydrogens (primary N) is 1. The molecule has 3 N–H and O–H groups in total. The number of nitrogens with zero attached hydrogens (tertiary/aromatic N) is 2. The molecule has 2 unspecified atom stereocenters. The quantitative estimate of drug-likeness (QED) is 0.560. The number of hydrogen-bond donors (Lipinski definition) is 2. The molecule has 1 aromatic carbocycles. The lowest BCUT2D eigenvalue weighted by Gasteiger charge is -2.32. The Balaban J connectivity index is 1.83. The van der Waals surface area contributed by atoms with E-state index in [2.05, 4.69) is 4.98 Å². The van der Waals surface area contributed by atoms with E-state index >= 15 is 4.39 Å². The van der Waals surface area contributed by atoms with Crippen molar-refractivity contribution >= 4 is 16.6 Å². The summed E-state index contributed by atoms with van der Waals surface area (Å²) in [7, 11) is 0. The standard InChI is InChI=1S/C22H25F7N4O3/c1-3-36-17-12-15(33(11-4-5-11)20(35)31-19(12)34)9(2)16(13(17)23)32-7-6-10(8-32)14(30)18(21(24,25)26)22(27,28)29/h10-11,14,18H,3-8,30H2,1-2H3,(H,31,34,35). The number of aromatic nitrogens is 2. The second kappa shape index (κ2) is 8.96. The molecule has 2 aliphatic rings. The number of H-pyrrole nitrogens is 1. The molecule has 14 heteroatoms. The second-order valence-corrected chi connectivity index (χ2v) is 9.27. The molecule has 0 spiro atoms. The first-order valence-corrected chi connectivity index (χ1v) is 11.5. The van der Waals surface area contributed by atoms with Gasteiger partial charge in [-0.1, -0.05) is 0 Å². The number of alkyl halides is 6. The summed E-state index contributed by atoms with van der Waals surface area (Å²) in [6.07, 6.45) is -10.0. The molecule has 1 aromatic heterocycles. The number of hydrogen-bond acceptors (Lipinski definition) is 5. The maximum Gasteiger partial charge on any atom is 0.402 e. The van der Waals surface area contributed by atoms with Gasteiger partial charge in [-0.3, -0.25) is 14.3 Å². The molecule has 2 atom stereocenters. The van der Waals surface area contributed by atoms with E-state index in [9.17, 15) is 35.9 Å². The topological polar surface area (TPSA) is 93.3 Å². The molecular weight excluding hydrogens is 501 g/mol. The highest BCUT2D eigenvalue weighted by Gasteiger charge is 2.61. The van der Waals surface area contributed by atoms with Gasteiger partial charge < -0.3 is 15.4 Å². The van der Waals surface area contributed by atoms with Crippen molar-refractivity contribution < 1.29 is 35.5 Å². The zero-order valence-electron chi connectivity index (χ0n) is 19.4. The molecule has 0 bridgehead atoms. The van der Waals surface area contributed by atoms with E-state index < -0.39 is 53.0 Å². The average Bonchev–Trinajstić information content (AvgIpc) is 3.45. The molecular formula is C22H25F7N4O3. The number of halogens is 7. The third-order valence-electron chi connectivity index (χ3n) is 6.86. The number of fused-ring (bicyclic) bond motifs is 1. The molecule has 1 saturated carbocycles. The number of benzene rings is 1. The van der Waals surface area contributed by atoms with Crippen LogP contribution in [0.4, 0.5) is 36.4 Å². The van der Waals surface area contributed by atoms with Gasteiger partial charge in [-0.2, -0.15) is 26.3 Å². The Hall–Kier alpha value is -2.77. The van der Waals surface area contributed by atoms with E-state index in [1.807, 2.05) is 0 Å². The van der Waals surface area contributed by atoms with Gasteiger partial charge in [0.15, 0.2) is 17.5 Å². The predicted molar refractivity (Wildman–Crippen MR) is 117 cm³/mol. The Morgan fingerprint density at radius 2 is 1.72 bits per heavy atom. The molecule has 200 valence electrons. The summed E-state index contributed by atoms with van der Waals surface area (Å²) in [5.41, 5.74) is 4.11. The number of rotatable bonds is 6. The normalized spacial score (nSPS) is 20.0. The van der Waals surface area contributed by atoms with Crippen molar-refractivity contribution in [3.05, 3.63) is 32.2 Å². The zero-order chi connectivity index (χ0) is 26.7.